The lowest BCUT2D eigenvalue weighted by atomic mass is 9.83. The molecule has 0 atom stereocenters. The van der Waals surface area contributed by atoms with Crippen LogP contribution in [0.5, 0.6) is 0 Å². The van der Waals surface area contributed by atoms with Crippen molar-refractivity contribution in [3.63, 3.8) is 0 Å². The average molecular weight is 483 g/mol. The Morgan fingerprint density at radius 3 is 0.861 bits per heavy atom. The minimum atomic E-state index is -2.75. The normalized spacial score (nSPS) is 12.3. The molecule has 0 aliphatic carbocycles. The van der Waals surface area contributed by atoms with Crippen LogP contribution in [0.3, 0.4) is 0 Å². The molecule has 0 heterocycles. The maximum Gasteiger partial charge on any atom is 0.142 e. The highest BCUT2D eigenvalue weighted by molar-refractivity contribution is 7.07. The average Bonchev–Trinajstić information content (AvgIpc) is 2.93. The SMILES string of the molecule is CC(C)(C)[Si](c1ccccc1)(c1ccccc1)C(c1ccccc1)(c1ccccc1)c1ccccc1. The summed E-state index contributed by atoms with van der Waals surface area (Å²) in [6, 6.07) is 56.4. The van der Waals surface area contributed by atoms with Gasteiger partial charge < -0.3 is 0 Å². The van der Waals surface area contributed by atoms with E-state index in [4.69, 9.17) is 0 Å². The Morgan fingerprint density at radius 1 is 0.361 bits per heavy atom. The topological polar surface area (TPSA) is 0 Å². The van der Waals surface area contributed by atoms with Gasteiger partial charge in [-0.05, 0) is 21.7 Å². The zero-order valence-electron chi connectivity index (χ0n) is 21.4. The molecule has 0 saturated heterocycles. The second-order valence-corrected chi connectivity index (χ2v) is 15.5. The molecule has 0 N–H and O–H groups in total. The van der Waals surface area contributed by atoms with Gasteiger partial charge in [0.2, 0.25) is 0 Å². The Kier molecular flexibility index (Phi) is 6.51. The summed E-state index contributed by atoms with van der Waals surface area (Å²) in [6.07, 6.45) is 0. The van der Waals surface area contributed by atoms with Crippen molar-refractivity contribution in [2.45, 2.75) is 30.8 Å². The van der Waals surface area contributed by atoms with E-state index < -0.39 is 8.07 Å². The van der Waals surface area contributed by atoms with E-state index in [1.165, 1.54) is 27.1 Å². The number of hydrogen-bond donors (Lipinski definition) is 0. The Labute approximate surface area is 217 Å². The molecule has 0 bridgehead atoms. The summed E-state index contributed by atoms with van der Waals surface area (Å²) in [5.74, 6) is 0. The largest absolute Gasteiger partial charge is 0.142 e. The predicted octanol–water partition coefficient (Wildman–Crippen LogP) is 7.62. The first-order valence-corrected chi connectivity index (χ1v) is 14.8. The molecule has 5 aromatic carbocycles. The van der Waals surface area contributed by atoms with Crippen molar-refractivity contribution < 1.29 is 0 Å². The fraction of sp³-hybridized carbons (Fsp3) is 0.143. The van der Waals surface area contributed by atoms with Gasteiger partial charge in [0.05, 0.1) is 0 Å². The third kappa shape index (κ3) is 3.67. The van der Waals surface area contributed by atoms with Crippen molar-refractivity contribution in [1.29, 1.82) is 0 Å². The van der Waals surface area contributed by atoms with E-state index in [-0.39, 0.29) is 10.1 Å². The molecule has 0 radical (unpaired) electrons. The van der Waals surface area contributed by atoms with Crippen LogP contribution in [0.15, 0.2) is 152 Å². The first-order chi connectivity index (χ1) is 17.5. The van der Waals surface area contributed by atoms with Crippen molar-refractivity contribution in [2.24, 2.45) is 0 Å². The Balaban J connectivity index is 2.11. The highest BCUT2D eigenvalue weighted by atomic mass is 28.3. The third-order valence-corrected chi connectivity index (χ3v) is 14.4. The molecule has 0 fully saturated rings. The molecule has 5 rings (SSSR count). The molecular weight excluding hydrogens is 448 g/mol. The van der Waals surface area contributed by atoms with Crippen LogP contribution in [0, 0.1) is 0 Å². The van der Waals surface area contributed by atoms with Gasteiger partial charge in [-0.3, -0.25) is 0 Å². The number of rotatable bonds is 6. The zero-order chi connectivity index (χ0) is 25.1. The molecule has 0 aliphatic rings. The van der Waals surface area contributed by atoms with E-state index in [0.29, 0.717) is 0 Å². The highest BCUT2D eigenvalue weighted by Crippen LogP contribution is 2.54. The third-order valence-electron chi connectivity index (χ3n) is 7.72. The second-order valence-electron chi connectivity index (χ2n) is 10.6. The fourth-order valence-corrected chi connectivity index (χ4v) is 13.9. The summed E-state index contributed by atoms with van der Waals surface area (Å²) in [5.41, 5.74) is 4.03. The van der Waals surface area contributed by atoms with Gasteiger partial charge in [0, 0.05) is 5.04 Å². The lowest BCUT2D eigenvalue weighted by Gasteiger charge is -2.58. The first-order valence-electron chi connectivity index (χ1n) is 12.8. The van der Waals surface area contributed by atoms with Crippen LogP contribution in [0.1, 0.15) is 37.5 Å². The minimum absolute atomic E-state index is 0.0444. The van der Waals surface area contributed by atoms with Crippen LogP contribution in [0.25, 0.3) is 0 Å². The van der Waals surface area contributed by atoms with Crippen molar-refractivity contribution in [3.8, 4) is 0 Å². The van der Waals surface area contributed by atoms with Gasteiger partial charge in [0.1, 0.15) is 8.07 Å². The Hall–Kier alpha value is -3.68. The van der Waals surface area contributed by atoms with Crippen molar-refractivity contribution in [1.82, 2.24) is 0 Å². The van der Waals surface area contributed by atoms with Gasteiger partial charge in [-0.1, -0.05) is 183 Å². The molecule has 36 heavy (non-hydrogen) atoms. The van der Waals surface area contributed by atoms with Crippen LogP contribution >= 0.6 is 0 Å². The van der Waals surface area contributed by atoms with Crippen LogP contribution in [-0.2, 0) is 5.04 Å². The van der Waals surface area contributed by atoms with Gasteiger partial charge in [0.15, 0.2) is 0 Å². The standard InChI is InChI=1S/C35H34Si/c1-34(2,3)36(32-25-15-7-16-26-32,33-27-17-8-18-28-33)35(29-19-9-4-10-20-29,30-21-11-5-12-22-30)31-23-13-6-14-24-31/h4-28H,1-3H3. The Morgan fingerprint density at radius 2 is 0.611 bits per heavy atom. The van der Waals surface area contributed by atoms with Crippen molar-refractivity contribution >= 4 is 18.4 Å². The van der Waals surface area contributed by atoms with E-state index in [9.17, 15) is 0 Å². The van der Waals surface area contributed by atoms with E-state index >= 15 is 0 Å². The molecular formula is C35H34Si. The van der Waals surface area contributed by atoms with E-state index in [1.807, 2.05) is 0 Å². The first kappa shape index (κ1) is 24.0. The summed E-state index contributed by atoms with van der Waals surface area (Å²) in [7, 11) is -2.75. The van der Waals surface area contributed by atoms with Crippen molar-refractivity contribution in [2.75, 3.05) is 0 Å². The number of hydrogen-bond acceptors (Lipinski definition) is 0. The maximum absolute atomic E-state index is 2.75. The van der Waals surface area contributed by atoms with Gasteiger partial charge >= 0.3 is 0 Å². The summed E-state index contributed by atoms with van der Waals surface area (Å²) in [5, 5.41) is 2.47. The zero-order valence-corrected chi connectivity index (χ0v) is 22.4. The van der Waals surface area contributed by atoms with Crippen LogP contribution < -0.4 is 10.4 Å². The maximum atomic E-state index is 2.46. The molecule has 0 nitrogen and oxygen atoms in total. The molecule has 0 aliphatic heterocycles. The second kappa shape index (κ2) is 9.76. The summed E-state index contributed by atoms with van der Waals surface area (Å²) in [6.45, 7) is 7.38. The molecule has 0 saturated carbocycles. The van der Waals surface area contributed by atoms with Crippen molar-refractivity contribution in [3.05, 3.63) is 168 Å². The monoisotopic (exact) mass is 482 g/mol. The highest BCUT2D eigenvalue weighted by Gasteiger charge is 2.63. The predicted molar refractivity (Wildman–Crippen MR) is 157 cm³/mol. The number of benzene rings is 5. The molecule has 0 unspecified atom stereocenters. The van der Waals surface area contributed by atoms with E-state index in [0.717, 1.165) is 0 Å². The van der Waals surface area contributed by atoms with Gasteiger partial charge in [0.25, 0.3) is 0 Å². The summed E-state index contributed by atoms with van der Waals surface area (Å²) >= 11 is 0. The molecule has 1 heteroatoms. The van der Waals surface area contributed by atoms with Gasteiger partial charge in [-0.15, -0.1) is 0 Å². The molecule has 0 amide bonds. The fourth-order valence-electron chi connectivity index (χ4n) is 6.62. The lowest BCUT2D eigenvalue weighted by molar-refractivity contribution is 0.676. The van der Waals surface area contributed by atoms with E-state index in [1.54, 1.807) is 0 Å². The molecule has 0 spiro atoms. The van der Waals surface area contributed by atoms with Gasteiger partial charge in [-0.25, -0.2) is 0 Å². The quantitative estimate of drug-likeness (QED) is 0.172. The van der Waals surface area contributed by atoms with Crippen LogP contribution in [0.4, 0.5) is 0 Å². The Bertz CT molecular complexity index is 1230. The minimum Gasteiger partial charge on any atom is -0.0625 e. The smallest absolute Gasteiger partial charge is 0.0625 e. The van der Waals surface area contributed by atoms with Crippen LogP contribution in [0.2, 0.25) is 5.04 Å². The summed E-state index contributed by atoms with van der Waals surface area (Å²) < 4.78 is 0. The summed E-state index contributed by atoms with van der Waals surface area (Å²) in [4.78, 5) is 0. The molecule has 0 aromatic heterocycles. The van der Waals surface area contributed by atoms with E-state index in [2.05, 4.69) is 172 Å². The molecule has 178 valence electrons. The van der Waals surface area contributed by atoms with Crippen LogP contribution in [-0.4, -0.2) is 8.07 Å². The van der Waals surface area contributed by atoms with Gasteiger partial charge in [-0.2, -0.15) is 0 Å². The molecule has 5 aromatic rings. The lowest BCUT2D eigenvalue weighted by Crippen LogP contribution is -2.76.